The monoisotopic (exact) mass is 155 g/mol. The fraction of sp³-hybridized carbons (Fsp3) is 0.875. The number of ether oxygens (including phenoxy) is 1. The molecule has 0 spiro atoms. The van der Waals surface area contributed by atoms with Gasteiger partial charge in [-0.25, -0.2) is 4.79 Å². The maximum absolute atomic E-state index is 10.8. The third-order valence-corrected chi connectivity index (χ3v) is 2.51. The van der Waals surface area contributed by atoms with E-state index in [2.05, 4.69) is 5.32 Å². The fourth-order valence-corrected chi connectivity index (χ4v) is 1.90. The minimum Gasteiger partial charge on any atom is -0.444 e. The smallest absolute Gasteiger partial charge is 0.407 e. The zero-order valence-corrected chi connectivity index (χ0v) is 6.51. The Kier molecular flexibility index (Phi) is 1.72. The van der Waals surface area contributed by atoms with Gasteiger partial charge in [-0.3, -0.25) is 0 Å². The molecule has 1 N–H and O–H groups in total. The lowest BCUT2D eigenvalue weighted by Gasteiger charge is -2.11. The lowest BCUT2D eigenvalue weighted by Crippen LogP contribution is -2.30. The second-order valence-electron chi connectivity index (χ2n) is 3.33. The van der Waals surface area contributed by atoms with Crippen LogP contribution in [-0.2, 0) is 4.74 Å². The van der Waals surface area contributed by atoms with Gasteiger partial charge in [0.15, 0.2) is 0 Å². The van der Waals surface area contributed by atoms with Crippen LogP contribution in [-0.4, -0.2) is 18.2 Å². The van der Waals surface area contributed by atoms with Crippen LogP contribution in [0.15, 0.2) is 0 Å². The number of hydrogen-bond donors (Lipinski definition) is 1. The van der Waals surface area contributed by atoms with E-state index in [1.54, 1.807) is 0 Å². The van der Waals surface area contributed by atoms with E-state index in [-0.39, 0.29) is 12.2 Å². The van der Waals surface area contributed by atoms with Crippen molar-refractivity contribution in [2.24, 2.45) is 0 Å². The fourth-order valence-electron chi connectivity index (χ4n) is 1.90. The van der Waals surface area contributed by atoms with Gasteiger partial charge in [-0.2, -0.15) is 0 Å². The Labute approximate surface area is 66.1 Å². The number of amides is 1. The molecule has 3 heteroatoms. The molecule has 0 aromatic rings. The Balaban J connectivity index is 2.01. The number of hydrogen-bond acceptors (Lipinski definition) is 2. The Morgan fingerprint density at radius 1 is 1.27 bits per heavy atom. The largest absolute Gasteiger partial charge is 0.444 e. The predicted octanol–water partition coefficient (Wildman–Crippen LogP) is 1.43. The zero-order chi connectivity index (χ0) is 7.68. The minimum absolute atomic E-state index is 0.171. The van der Waals surface area contributed by atoms with Gasteiger partial charge in [0.2, 0.25) is 0 Å². The van der Waals surface area contributed by atoms with Gasteiger partial charge in [0.25, 0.3) is 0 Å². The normalized spacial score (nSPS) is 36.9. The van der Waals surface area contributed by atoms with Crippen LogP contribution in [0.25, 0.3) is 0 Å². The number of carbonyl (C=O) groups is 1. The molecule has 0 bridgehead atoms. The van der Waals surface area contributed by atoms with Crippen molar-refractivity contribution in [3.8, 4) is 0 Å². The van der Waals surface area contributed by atoms with Crippen LogP contribution in [0.5, 0.6) is 0 Å². The SMILES string of the molecule is O=C1NC2CCCCCC2O1. The van der Waals surface area contributed by atoms with Crippen molar-refractivity contribution in [2.75, 3.05) is 0 Å². The summed E-state index contributed by atoms with van der Waals surface area (Å²) in [6.45, 7) is 0. The molecule has 1 heterocycles. The summed E-state index contributed by atoms with van der Waals surface area (Å²) < 4.78 is 5.10. The molecule has 1 saturated heterocycles. The van der Waals surface area contributed by atoms with Crippen molar-refractivity contribution < 1.29 is 9.53 Å². The lowest BCUT2D eigenvalue weighted by atomic mass is 10.1. The molecule has 1 aliphatic heterocycles. The van der Waals surface area contributed by atoms with E-state index < -0.39 is 0 Å². The van der Waals surface area contributed by atoms with Crippen LogP contribution < -0.4 is 5.32 Å². The van der Waals surface area contributed by atoms with Crippen molar-refractivity contribution in [1.82, 2.24) is 5.32 Å². The molecule has 1 saturated carbocycles. The van der Waals surface area contributed by atoms with Gasteiger partial charge < -0.3 is 10.1 Å². The molecular formula is C8H13NO2. The Morgan fingerprint density at radius 3 is 3.00 bits per heavy atom. The maximum atomic E-state index is 10.8. The molecule has 2 atom stereocenters. The summed E-state index contributed by atoms with van der Waals surface area (Å²) in [5, 5.41) is 2.83. The van der Waals surface area contributed by atoms with Gasteiger partial charge in [0, 0.05) is 0 Å². The number of fused-ring (bicyclic) bond motifs is 1. The lowest BCUT2D eigenvalue weighted by molar-refractivity contribution is 0.127. The number of nitrogens with one attached hydrogen (secondary N) is 1. The standard InChI is InChI=1S/C8H13NO2/c10-8-9-6-4-2-1-3-5-7(6)11-8/h6-7H,1-5H2,(H,9,10). The highest BCUT2D eigenvalue weighted by Gasteiger charge is 2.34. The highest BCUT2D eigenvalue weighted by Crippen LogP contribution is 2.24. The maximum Gasteiger partial charge on any atom is 0.407 e. The van der Waals surface area contributed by atoms with Gasteiger partial charge in [-0.1, -0.05) is 12.8 Å². The minimum atomic E-state index is -0.220. The molecule has 0 aromatic carbocycles. The number of rotatable bonds is 0. The summed E-state index contributed by atoms with van der Waals surface area (Å²) >= 11 is 0. The van der Waals surface area contributed by atoms with E-state index in [1.807, 2.05) is 0 Å². The van der Waals surface area contributed by atoms with Crippen LogP contribution in [0.4, 0.5) is 4.79 Å². The molecule has 3 nitrogen and oxygen atoms in total. The van der Waals surface area contributed by atoms with E-state index in [1.165, 1.54) is 19.3 Å². The Bertz CT molecular complexity index is 153. The summed E-state index contributed by atoms with van der Waals surface area (Å²) in [4.78, 5) is 10.8. The zero-order valence-electron chi connectivity index (χ0n) is 6.51. The van der Waals surface area contributed by atoms with Gasteiger partial charge in [-0.15, -0.1) is 0 Å². The van der Waals surface area contributed by atoms with Gasteiger partial charge in [-0.05, 0) is 19.3 Å². The van der Waals surface area contributed by atoms with E-state index >= 15 is 0 Å². The van der Waals surface area contributed by atoms with Crippen molar-refractivity contribution in [2.45, 2.75) is 44.2 Å². The molecule has 0 radical (unpaired) electrons. The van der Waals surface area contributed by atoms with Crippen molar-refractivity contribution in [3.63, 3.8) is 0 Å². The average molecular weight is 155 g/mol. The molecular weight excluding hydrogens is 142 g/mol. The first kappa shape index (κ1) is 6.95. The van der Waals surface area contributed by atoms with Crippen molar-refractivity contribution in [3.05, 3.63) is 0 Å². The molecule has 62 valence electrons. The van der Waals surface area contributed by atoms with E-state index in [4.69, 9.17) is 4.74 Å². The summed E-state index contributed by atoms with van der Waals surface area (Å²) in [5.41, 5.74) is 0. The molecule has 1 amide bonds. The topological polar surface area (TPSA) is 38.3 Å². The molecule has 2 fully saturated rings. The molecule has 2 rings (SSSR count). The first-order chi connectivity index (χ1) is 5.36. The van der Waals surface area contributed by atoms with Gasteiger partial charge >= 0.3 is 6.09 Å². The third-order valence-electron chi connectivity index (χ3n) is 2.51. The van der Waals surface area contributed by atoms with Gasteiger partial charge in [0.05, 0.1) is 6.04 Å². The second-order valence-corrected chi connectivity index (χ2v) is 3.33. The van der Waals surface area contributed by atoms with Crippen LogP contribution in [0.2, 0.25) is 0 Å². The quantitative estimate of drug-likeness (QED) is 0.574. The third kappa shape index (κ3) is 1.32. The predicted molar refractivity (Wildman–Crippen MR) is 40.3 cm³/mol. The van der Waals surface area contributed by atoms with Crippen LogP contribution in [0.1, 0.15) is 32.1 Å². The summed E-state index contributed by atoms with van der Waals surface area (Å²) in [6.07, 6.45) is 5.80. The van der Waals surface area contributed by atoms with Crippen LogP contribution in [0, 0.1) is 0 Å². The molecule has 11 heavy (non-hydrogen) atoms. The number of alkyl carbamates (subject to hydrolysis) is 1. The summed E-state index contributed by atoms with van der Waals surface area (Å²) in [6, 6.07) is 0.310. The van der Waals surface area contributed by atoms with Crippen LogP contribution >= 0.6 is 0 Å². The van der Waals surface area contributed by atoms with Crippen molar-refractivity contribution in [1.29, 1.82) is 0 Å². The Hall–Kier alpha value is -0.730. The van der Waals surface area contributed by atoms with E-state index in [0.29, 0.717) is 6.04 Å². The highest BCUT2D eigenvalue weighted by molar-refractivity contribution is 5.70. The second kappa shape index (κ2) is 2.72. The first-order valence-electron chi connectivity index (χ1n) is 4.33. The Morgan fingerprint density at radius 2 is 2.09 bits per heavy atom. The molecule has 2 aliphatic rings. The van der Waals surface area contributed by atoms with Crippen molar-refractivity contribution >= 4 is 6.09 Å². The molecule has 1 aliphatic carbocycles. The highest BCUT2D eigenvalue weighted by atomic mass is 16.6. The average Bonchev–Trinajstić information content (AvgIpc) is 2.17. The summed E-state index contributed by atoms with van der Waals surface area (Å²) in [5.74, 6) is 0. The first-order valence-corrected chi connectivity index (χ1v) is 4.33. The summed E-state index contributed by atoms with van der Waals surface area (Å²) in [7, 11) is 0. The van der Waals surface area contributed by atoms with Gasteiger partial charge in [0.1, 0.15) is 6.10 Å². The van der Waals surface area contributed by atoms with Crippen LogP contribution in [0.3, 0.4) is 0 Å². The van der Waals surface area contributed by atoms with E-state index in [9.17, 15) is 4.79 Å². The molecule has 2 unspecified atom stereocenters. The molecule has 0 aromatic heterocycles. The van der Waals surface area contributed by atoms with E-state index in [0.717, 1.165) is 12.8 Å². The number of carbonyl (C=O) groups excluding carboxylic acids is 1.